The third kappa shape index (κ3) is 5.24. The zero-order valence-corrected chi connectivity index (χ0v) is 16.2. The van der Waals surface area contributed by atoms with E-state index in [0.717, 1.165) is 57.0 Å². The van der Waals surface area contributed by atoms with E-state index >= 15 is 0 Å². The number of hydrogen-bond acceptors (Lipinski definition) is 3. The van der Waals surface area contributed by atoms with Crippen LogP contribution in [0.5, 0.6) is 0 Å². The highest BCUT2D eigenvalue weighted by Crippen LogP contribution is 2.45. The smallest absolute Gasteiger partial charge is 0.377 e. The van der Waals surface area contributed by atoms with Crippen molar-refractivity contribution in [3.63, 3.8) is 0 Å². The lowest BCUT2D eigenvalue weighted by atomic mass is 9.67. The Kier molecular flexibility index (Phi) is 6.18. The van der Waals surface area contributed by atoms with E-state index in [1.807, 2.05) is 19.9 Å². The lowest BCUT2D eigenvalue weighted by Gasteiger charge is -2.46. The molecule has 0 radical (unpaired) electrons. The van der Waals surface area contributed by atoms with Crippen LogP contribution in [0.3, 0.4) is 0 Å². The van der Waals surface area contributed by atoms with Gasteiger partial charge in [0.25, 0.3) is 0 Å². The number of nitrogens with one attached hydrogen (secondary N) is 1. The Balaban J connectivity index is 1.76. The van der Waals surface area contributed by atoms with Gasteiger partial charge in [-0.2, -0.15) is 13.2 Å². The first kappa shape index (κ1) is 20.6. The van der Waals surface area contributed by atoms with E-state index in [0.29, 0.717) is 13.0 Å². The van der Waals surface area contributed by atoms with E-state index < -0.39 is 11.7 Å². The number of alkyl halides is 3. The molecule has 3 rings (SSSR count). The fraction of sp³-hybridized carbons (Fsp3) is 0.714. The molecule has 2 heterocycles. The van der Waals surface area contributed by atoms with Gasteiger partial charge in [-0.25, -0.2) is 0 Å². The molecule has 0 aliphatic carbocycles. The highest BCUT2D eigenvalue weighted by atomic mass is 19.4. The molecule has 0 bridgehead atoms. The fourth-order valence-electron chi connectivity index (χ4n) is 4.50. The second-order valence-electron chi connectivity index (χ2n) is 8.48. The Hall–Kier alpha value is -1.11. The van der Waals surface area contributed by atoms with Gasteiger partial charge in [-0.3, -0.25) is 0 Å². The molecule has 0 saturated carbocycles. The van der Waals surface area contributed by atoms with Crippen molar-refractivity contribution < 1.29 is 22.6 Å². The molecule has 2 atom stereocenters. The topological polar surface area (TPSA) is 30.5 Å². The Morgan fingerprint density at radius 2 is 2.04 bits per heavy atom. The van der Waals surface area contributed by atoms with E-state index in [1.165, 1.54) is 12.1 Å². The molecule has 0 amide bonds. The highest BCUT2D eigenvalue weighted by Gasteiger charge is 2.42. The third-order valence-electron chi connectivity index (χ3n) is 5.82. The summed E-state index contributed by atoms with van der Waals surface area (Å²) in [5.74, 6) is 0. The van der Waals surface area contributed by atoms with Gasteiger partial charge >= 0.3 is 6.18 Å². The largest absolute Gasteiger partial charge is 0.416 e. The van der Waals surface area contributed by atoms with Crippen LogP contribution in [0.4, 0.5) is 13.2 Å². The van der Waals surface area contributed by atoms with Crippen LogP contribution in [0.2, 0.25) is 0 Å². The van der Waals surface area contributed by atoms with Gasteiger partial charge in [0.15, 0.2) is 0 Å². The summed E-state index contributed by atoms with van der Waals surface area (Å²) >= 11 is 0. The molecule has 3 nitrogen and oxygen atoms in total. The zero-order valence-electron chi connectivity index (χ0n) is 16.2. The zero-order chi connectivity index (χ0) is 19.5. The van der Waals surface area contributed by atoms with Gasteiger partial charge in [0, 0.05) is 25.2 Å². The van der Waals surface area contributed by atoms with Crippen LogP contribution in [-0.2, 0) is 21.1 Å². The fourth-order valence-corrected chi connectivity index (χ4v) is 4.50. The maximum atomic E-state index is 13.2. The Morgan fingerprint density at radius 3 is 2.70 bits per heavy atom. The molecule has 2 saturated heterocycles. The summed E-state index contributed by atoms with van der Waals surface area (Å²) in [7, 11) is 0. The molecule has 0 spiro atoms. The van der Waals surface area contributed by atoms with Crippen molar-refractivity contribution >= 4 is 0 Å². The molecule has 0 unspecified atom stereocenters. The predicted octanol–water partition coefficient (Wildman–Crippen LogP) is 4.69. The van der Waals surface area contributed by atoms with Crippen molar-refractivity contribution in [3.8, 4) is 0 Å². The van der Waals surface area contributed by atoms with Crippen molar-refractivity contribution in [2.45, 2.75) is 69.2 Å². The average molecular weight is 385 g/mol. The molecule has 6 heteroatoms. The normalized spacial score (nSPS) is 28.4. The van der Waals surface area contributed by atoms with Gasteiger partial charge in [-0.15, -0.1) is 0 Å². The first-order valence-electron chi connectivity index (χ1n) is 9.84. The summed E-state index contributed by atoms with van der Waals surface area (Å²) in [6.45, 7) is 6.99. The summed E-state index contributed by atoms with van der Waals surface area (Å²) in [4.78, 5) is 0. The maximum Gasteiger partial charge on any atom is 0.416 e. The van der Waals surface area contributed by atoms with E-state index in [4.69, 9.17) is 9.47 Å². The first-order valence-corrected chi connectivity index (χ1v) is 9.84. The van der Waals surface area contributed by atoms with E-state index in [1.54, 1.807) is 0 Å². The number of rotatable bonds is 6. The molecule has 1 N–H and O–H groups in total. The maximum absolute atomic E-state index is 13.2. The second-order valence-corrected chi connectivity index (χ2v) is 8.48. The quantitative estimate of drug-likeness (QED) is 0.721. The lowest BCUT2D eigenvalue weighted by Crippen LogP contribution is -2.45. The van der Waals surface area contributed by atoms with Crippen LogP contribution in [0, 0.1) is 0 Å². The summed E-state index contributed by atoms with van der Waals surface area (Å²) in [6.07, 6.45) is 0.352. The van der Waals surface area contributed by atoms with E-state index in [2.05, 4.69) is 5.32 Å². The number of hydrogen-bond donors (Lipinski definition) is 1. The SMILES string of the molecule is CC1(C)C[C@@](CCNC[C@@H]2CCCO2)(c2cccc(C(F)(F)F)c2)CCO1. The number of ether oxygens (including phenoxy) is 2. The Labute approximate surface area is 159 Å². The van der Waals surface area contributed by atoms with Crippen molar-refractivity contribution in [2.75, 3.05) is 26.3 Å². The van der Waals surface area contributed by atoms with Crippen LogP contribution < -0.4 is 5.32 Å². The first-order chi connectivity index (χ1) is 12.7. The molecular weight excluding hydrogens is 355 g/mol. The van der Waals surface area contributed by atoms with Gasteiger partial charge < -0.3 is 14.8 Å². The number of halogens is 3. The van der Waals surface area contributed by atoms with Crippen molar-refractivity contribution in [1.29, 1.82) is 0 Å². The molecule has 152 valence electrons. The molecule has 2 aliphatic heterocycles. The summed E-state index contributed by atoms with van der Waals surface area (Å²) in [5.41, 5.74) is -0.461. The summed E-state index contributed by atoms with van der Waals surface area (Å²) in [6, 6.07) is 5.86. The lowest BCUT2D eigenvalue weighted by molar-refractivity contribution is -0.137. The Morgan fingerprint density at radius 1 is 1.22 bits per heavy atom. The van der Waals surface area contributed by atoms with Crippen LogP contribution in [0.1, 0.15) is 57.1 Å². The third-order valence-corrected chi connectivity index (χ3v) is 5.82. The molecular formula is C21H30F3NO2. The van der Waals surface area contributed by atoms with Gasteiger partial charge in [0.2, 0.25) is 0 Å². The van der Waals surface area contributed by atoms with Crippen LogP contribution in [0.25, 0.3) is 0 Å². The van der Waals surface area contributed by atoms with Crippen molar-refractivity contribution in [2.24, 2.45) is 0 Å². The van der Waals surface area contributed by atoms with Crippen LogP contribution in [-0.4, -0.2) is 38.0 Å². The van der Waals surface area contributed by atoms with Crippen molar-refractivity contribution in [1.82, 2.24) is 5.32 Å². The molecule has 27 heavy (non-hydrogen) atoms. The van der Waals surface area contributed by atoms with Gasteiger partial charge in [0.1, 0.15) is 0 Å². The molecule has 1 aromatic carbocycles. The highest BCUT2D eigenvalue weighted by molar-refractivity contribution is 5.33. The minimum atomic E-state index is -4.32. The Bertz CT molecular complexity index is 626. The predicted molar refractivity (Wildman–Crippen MR) is 98.8 cm³/mol. The average Bonchev–Trinajstić information content (AvgIpc) is 3.11. The molecule has 1 aromatic rings. The van der Waals surface area contributed by atoms with E-state index in [9.17, 15) is 13.2 Å². The second kappa shape index (κ2) is 8.10. The van der Waals surface area contributed by atoms with Gasteiger partial charge in [-0.1, -0.05) is 18.2 Å². The van der Waals surface area contributed by atoms with Crippen LogP contribution in [0.15, 0.2) is 24.3 Å². The van der Waals surface area contributed by atoms with Crippen LogP contribution >= 0.6 is 0 Å². The monoisotopic (exact) mass is 385 g/mol. The van der Waals surface area contributed by atoms with Gasteiger partial charge in [0.05, 0.1) is 17.3 Å². The standard InChI is InChI=1S/C21H30F3NO2/c1-19(2)15-20(9-12-27-19,8-10-25-14-18-7-4-11-26-18)16-5-3-6-17(13-16)21(22,23)24/h3,5-6,13,18,25H,4,7-12,14-15H2,1-2H3/t18-,20-/m0/s1. The van der Waals surface area contributed by atoms with Gasteiger partial charge in [-0.05, 0) is 64.1 Å². The number of benzene rings is 1. The molecule has 2 aliphatic rings. The minimum Gasteiger partial charge on any atom is -0.377 e. The summed E-state index contributed by atoms with van der Waals surface area (Å²) in [5, 5.41) is 3.45. The van der Waals surface area contributed by atoms with Crippen molar-refractivity contribution in [3.05, 3.63) is 35.4 Å². The molecule has 2 fully saturated rings. The minimum absolute atomic E-state index is 0.264. The molecule has 0 aromatic heterocycles. The van der Waals surface area contributed by atoms with E-state index in [-0.39, 0.29) is 17.1 Å². The summed E-state index contributed by atoms with van der Waals surface area (Å²) < 4.78 is 51.2.